The fourth-order valence-corrected chi connectivity index (χ4v) is 5.94. The van der Waals surface area contributed by atoms with E-state index < -0.39 is 91.9 Å². The van der Waals surface area contributed by atoms with Gasteiger partial charge < -0.3 is 28.4 Å². The van der Waals surface area contributed by atoms with Crippen LogP contribution in [0.25, 0.3) is 22.3 Å². The lowest BCUT2D eigenvalue weighted by Crippen LogP contribution is -2.44. The highest BCUT2D eigenvalue weighted by Gasteiger charge is 2.38. The maximum atomic E-state index is 16.0. The molecule has 0 heterocycles. The van der Waals surface area contributed by atoms with E-state index in [-0.39, 0.29) is 50.7 Å². The van der Waals surface area contributed by atoms with Crippen molar-refractivity contribution in [2.24, 2.45) is 5.41 Å². The fraction of sp³-hybridized carbons (Fsp3) is 0.380. The van der Waals surface area contributed by atoms with Gasteiger partial charge in [-0.05, 0) is 88.9 Å². The van der Waals surface area contributed by atoms with Crippen LogP contribution in [0.4, 0.5) is 4.39 Å². The first kappa shape index (κ1) is 51.6. The van der Waals surface area contributed by atoms with Gasteiger partial charge in [-0.2, -0.15) is 0 Å². The molecule has 64 heavy (non-hydrogen) atoms. The van der Waals surface area contributed by atoms with E-state index >= 15 is 4.39 Å². The summed E-state index contributed by atoms with van der Waals surface area (Å²) in [4.78, 5) is 86.6. The van der Waals surface area contributed by atoms with Gasteiger partial charge >= 0.3 is 29.8 Å². The maximum absolute atomic E-state index is 16.0. The molecule has 14 heteroatoms. The summed E-state index contributed by atoms with van der Waals surface area (Å²) in [6.07, 6.45) is 4.87. The topological polar surface area (TPSA) is 175 Å². The molecule has 0 aromatic heterocycles. The molecule has 13 nitrogen and oxygen atoms in total. The lowest BCUT2D eigenvalue weighted by molar-refractivity contribution is -0.163. The highest BCUT2D eigenvalue weighted by atomic mass is 19.1. The molecule has 0 saturated carbocycles. The Morgan fingerprint density at radius 3 is 1.56 bits per heavy atom. The summed E-state index contributed by atoms with van der Waals surface area (Å²) in [6, 6.07) is 13.9. The Bertz CT molecular complexity index is 2220. The van der Waals surface area contributed by atoms with Gasteiger partial charge in [-0.1, -0.05) is 76.6 Å². The number of aryl methyl sites for hydroxylation is 1. The Morgan fingerprint density at radius 1 is 0.562 bits per heavy atom. The van der Waals surface area contributed by atoms with Gasteiger partial charge in [-0.3, -0.25) is 19.2 Å². The molecule has 0 atom stereocenters. The van der Waals surface area contributed by atoms with E-state index in [2.05, 4.69) is 26.7 Å². The smallest absolute Gasteiger partial charge is 0.338 e. The van der Waals surface area contributed by atoms with Gasteiger partial charge in [0.15, 0.2) is 0 Å². The highest BCUT2D eigenvalue weighted by Crippen LogP contribution is 2.43. The number of carbonyl (C=O) groups excluding carboxylic acids is 7. The molecular formula is C50H57FO13. The quantitative estimate of drug-likeness (QED) is 0.0187. The van der Waals surface area contributed by atoms with Gasteiger partial charge in [0.1, 0.15) is 79.3 Å². The van der Waals surface area contributed by atoms with Crippen molar-refractivity contribution in [3.05, 3.63) is 102 Å². The molecule has 0 aliphatic heterocycles. The minimum Gasteiger partial charge on any atom is -0.493 e. The van der Waals surface area contributed by atoms with Crippen LogP contribution in [-0.4, -0.2) is 67.8 Å². The Hall–Kier alpha value is -6.70. The number of ketones is 2. The summed E-state index contributed by atoms with van der Waals surface area (Å²) in [7, 11) is 0. The zero-order chi connectivity index (χ0) is 47.6. The number of halogens is 1. The molecule has 3 rings (SSSR count). The van der Waals surface area contributed by atoms with Crippen LogP contribution < -0.4 is 14.2 Å². The van der Waals surface area contributed by atoms with Crippen LogP contribution in [-0.2, 0) is 54.2 Å². The second-order valence-electron chi connectivity index (χ2n) is 15.9. The third kappa shape index (κ3) is 16.5. The van der Waals surface area contributed by atoms with Crippen LogP contribution in [0.15, 0.2) is 91.1 Å². The monoisotopic (exact) mass is 884 g/mol. The summed E-state index contributed by atoms with van der Waals surface area (Å²) in [5.74, 6) is -5.47. The van der Waals surface area contributed by atoms with Gasteiger partial charge in [0, 0.05) is 33.4 Å². The average molecular weight is 885 g/mol. The first-order valence-electron chi connectivity index (χ1n) is 20.8. The minimum absolute atomic E-state index is 0.00992. The van der Waals surface area contributed by atoms with E-state index in [0.717, 1.165) is 37.7 Å². The zero-order valence-corrected chi connectivity index (χ0v) is 37.5. The number of benzene rings is 3. The molecule has 0 aliphatic rings. The van der Waals surface area contributed by atoms with Crippen molar-refractivity contribution in [1.29, 1.82) is 0 Å². The van der Waals surface area contributed by atoms with Gasteiger partial charge in [0.2, 0.25) is 0 Å². The standard InChI is InChI=1S/C50H57FO13/c1-10-11-12-13-14-15-36-16-21-39(42(51)24-36)41-26-43(63-48(57)32(4)5)40(25-44(41)64-49(58)33(6)7)37-17-19-38(20-18-37)59-27-50(30-62-47(56)31(2)3,28-60-45(54)22-34(8)52)29-61-46(55)23-35(9)53/h16-21,24-26H,2,4,6,10-15,22-23,27-30H2,1,3,5,7-9H3. The van der Waals surface area contributed by atoms with Crippen molar-refractivity contribution in [2.45, 2.75) is 92.9 Å². The van der Waals surface area contributed by atoms with E-state index in [9.17, 15) is 33.6 Å². The molecule has 0 amide bonds. The number of hydrogen-bond donors (Lipinski definition) is 0. The highest BCUT2D eigenvalue weighted by molar-refractivity contribution is 5.95. The lowest BCUT2D eigenvalue weighted by Gasteiger charge is -2.32. The van der Waals surface area contributed by atoms with Crippen molar-refractivity contribution >= 4 is 41.4 Å². The number of Topliss-reactive ketones (excluding diaryl/α,β-unsaturated/α-hetero) is 2. The Labute approximate surface area is 373 Å². The summed E-state index contributed by atoms with van der Waals surface area (Å²) in [5, 5.41) is 0. The van der Waals surface area contributed by atoms with E-state index in [1.165, 1.54) is 65.0 Å². The van der Waals surface area contributed by atoms with Crippen molar-refractivity contribution in [3.8, 4) is 39.5 Å². The van der Waals surface area contributed by atoms with Crippen molar-refractivity contribution < 1.29 is 66.4 Å². The van der Waals surface area contributed by atoms with Crippen LogP contribution in [0, 0.1) is 11.2 Å². The van der Waals surface area contributed by atoms with Crippen LogP contribution in [0.1, 0.15) is 92.1 Å². The predicted octanol–water partition coefficient (Wildman–Crippen LogP) is 9.16. The van der Waals surface area contributed by atoms with Gasteiger partial charge in [0.25, 0.3) is 0 Å². The van der Waals surface area contributed by atoms with Crippen LogP contribution in [0.2, 0.25) is 0 Å². The lowest BCUT2D eigenvalue weighted by atomic mass is 9.92. The fourth-order valence-electron chi connectivity index (χ4n) is 5.94. The number of hydrogen-bond acceptors (Lipinski definition) is 13. The summed E-state index contributed by atoms with van der Waals surface area (Å²) in [5.41, 5.74) is 0.384. The molecule has 3 aromatic rings. The first-order chi connectivity index (χ1) is 30.2. The summed E-state index contributed by atoms with van der Waals surface area (Å²) in [6.45, 7) is 17.8. The second-order valence-corrected chi connectivity index (χ2v) is 15.9. The van der Waals surface area contributed by atoms with Crippen LogP contribution in [0.3, 0.4) is 0 Å². The molecule has 0 N–H and O–H groups in total. The zero-order valence-electron chi connectivity index (χ0n) is 37.5. The molecule has 0 unspecified atom stereocenters. The van der Waals surface area contributed by atoms with Crippen molar-refractivity contribution in [3.63, 3.8) is 0 Å². The normalized spacial score (nSPS) is 10.9. The Kier molecular flexibility index (Phi) is 20.0. The van der Waals surface area contributed by atoms with Crippen LogP contribution >= 0.6 is 0 Å². The number of esters is 5. The molecule has 0 fully saturated rings. The number of unbranched alkanes of at least 4 members (excludes halogenated alkanes) is 4. The summed E-state index contributed by atoms with van der Waals surface area (Å²) < 4.78 is 49.8. The van der Waals surface area contributed by atoms with Gasteiger partial charge in [-0.25, -0.2) is 18.8 Å². The van der Waals surface area contributed by atoms with Gasteiger partial charge in [-0.15, -0.1) is 0 Å². The average Bonchev–Trinajstić information content (AvgIpc) is 3.23. The SMILES string of the molecule is C=C(C)C(=O)OCC(COC(=O)CC(C)=O)(COC(=O)CC(C)=O)COc1ccc(-c2cc(OC(=O)C(=C)C)c(-c3ccc(CCCCCCC)cc3F)cc2OC(=O)C(=C)C)cc1. The van der Waals surface area contributed by atoms with E-state index in [0.29, 0.717) is 12.0 Å². The Balaban J connectivity index is 2.09. The predicted molar refractivity (Wildman–Crippen MR) is 237 cm³/mol. The van der Waals surface area contributed by atoms with E-state index in [1.807, 2.05) is 0 Å². The molecular weight excluding hydrogens is 828 g/mol. The molecule has 0 aliphatic carbocycles. The number of carbonyl (C=O) groups is 7. The third-order valence-corrected chi connectivity index (χ3v) is 9.51. The number of rotatable bonds is 26. The molecule has 0 bridgehead atoms. The van der Waals surface area contributed by atoms with Crippen molar-refractivity contribution in [2.75, 3.05) is 26.4 Å². The third-order valence-electron chi connectivity index (χ3n) is 9.51. The molecule has 0 spiro atoms. The first-order valence-corrected chi connectivity index (χ1v) is 20.8. The molecule has 3 aromatic carbocycles. The van der Waals surface area contributed by atoms with Gasteiger partial charge in [0.05, 0.1) is 0 Å². The molecule has 0 saturated heterocycles. The van der Waals surface area contributed by atoms with Crippen LogP contribution in [0.5, 0.6) is 17.2 Å². The van der Waals surface area contributed by atoms with Crippen molar-refractivity contribution in [1.82, 2.24) is 0 Å². The molecule has 0 radical (unpaired) electrons. The Morgan fingerprint density at radius 2 is 1.06 bits per heavy atom. The van der Waals surface area contributed by atoms with E-state index in [4.69, 9.17) is 28.4 Å². The second kappa shape index (κ2) is 24.8. The minimum atomic E-state index is -1.55. The maximum Gasteiger partial charge on any atom is 0.338 e. The van der Waals surface area contributed by atoms with E-state index in [1.54, 1.807) is 24.3 Å². The molecule has 342 valence electrons. The largest absolute Gasteiger partial charge is 0.493 e. The summed E-state index contributed by atoms with van der Waals surface area (Å²) >= 11 is 0. The number of ether oxygens (including phenoxy) is 6.